The molecule has 112 valence electrons. The summed E-state index contributed by atoms with van der Waals surface area (Å²) >= 11 is 1.62. The Bertz CT molecular complexity index is 766. The third-order valence-corrected chi connectivity index (χ3v) is 5.10. The summed E-state index contributed by atoms with van der Waals surface area (Å²) in [6.45, 7) is 4.10. The van der Waals surface area contributed by atoms with Gasteiger partial charge in [-0.05, 0) is 35.9 Å². The van der Waals surface area contributed by atoms with Gasteiger partial charge in [0.05, 0.1) is 10.9 Å². The smallest absolute Gasteiger partial charge is 0.257 e. The van der Waals surface area contributed by atoms with Crippen molar-refractivity contribution in [3.63, 3.8) is 0 Å². The normalized spacial score (nSPS) is 16.4. The van der Waals surface area contributed by atoms with Gasteiger partial charge < -0.3 is 4.42 Å². The van der Waals surface area contributed by atoms with Crippen molar-refractivity contribution in [3.05, 3.63) is 58.8 Å². The van der Waals surface area contributed by atoms with Crippen LogP contribution in [0.2, 0.25) is 0 Å². The van der Waals surface area contributed by atoms with Crippen molar-refractivity contribution in [2.45, 2.75) is 25.9 Å². The van der Waals surface area contributed by atoms with Crippen LogP contribution in [0.3, 0.4) is 0 Å². The monoisotopic (exact) mass is 311 g/mol. The molecular weight excluding hydrogens is 294 g/mol. The van der Waals surface area contributed by atoms with Crippen molar-refractivity contribution in [1.29, 1.82) is 0 Å². The van der Waals surface area contributed by atoms with Gasteiger partial charge in [-0.1, -0.05) is 30.3 Å². The van der Waals surface area contributed by atoms with E-state index < -0.39 is 0 Å². The van der Waals surface area contributed by atoms with Gasteiger partial charge in [-0.2, -0.15) is 0 Å². The molecule has 22 heavy (non-hydrogen) atoms. The highest BCUT2D eigenvalue weighted by Crippen LogP contribution is 2.29. The highest BCUT2D eigenvalue weighted by Gasteiger charge is 2.25. The quantitative estimate of drug-likeness (QED) is 0.735. The second-order valence-corrected chi connectivity index (χ2v) is 6.54. The summed E-state index contributed by atoms with van der Waals surface area (Å²) in [5, 5.41) is 10.5. The van der Waals surface area contributed by atoms with Gasteiger partial charge in [0.15, 0.2) is 0 Å². The number of fused-ring (bicyclic) bond motifs is 1. The summed E-state index contributed by atoms with van der Waals surface area (Å²) in [7, 11) is 0. The van der Waals surface area contributed by atoms with Crippen LogP contribution in [0.5, 0.6) is 0 Å². The molecule has 0 bridgehead atoms. The zero-order chi connectivity index (χ0) is 14.9. The van der Waals surface area contributed by atoms with Crippen LogP contribution in [0, 0.1) is 0 Å². The van der Waals surface area contributed by atoms with E-state index in [1.54, 1.807) is 11.3 Å². The van der Waals surface area contributed by atoms with E-state index in [9.17, 15) is 0 Å². The average molecular weight is 311 g/mol. The van der Waals surface area contributed by atoms with Gasteiger partial charge in [-0.15, -0.1) is 21.5 Å². The molecule has 1 aliphatic rings. The maximum atomic E-state index is 5.88. The summed E-state index contributed by atoms with van der Waals surface area (Å²) in [6, 6.07) is 12.8. The van der Waals surface area contributed by atoms with Gasteiger partial charge in [0.2, 0.25) is 5.89 Å². The summed E-state index contributed by atoms with van der Waals surface area (Å²) in [4.78, 5) is 3.42. The van der Waals surface area contributed by atoms with E-state index in [2.05, 4.69) is 46.3 Å². The second kappa shape index (κ2) is 5.66. The van der Waals surface area contributed by atoms with Gasteiger partial charge in [-0.25, -0.2) is 0 Å². The molecule has 0 radical (unpaired) electrons. The number of thiophene rings is 1. The van der Waals surface area contributed by atoms with Crippen LogP contribution in [0.1, 0.15) is 30.0 Å². The van der Waals surface area contributed by atoms with E-state index in [0.29, 0.717) is 11.8 Å². The molecule has 0 saturated carbocycles. The predicted molar refractivity (Wildman–Crippen MR) is 86.6 cm³/mol. The number of nitrogens with zero attached hydrogens (tertiary/aromatic N) is 3. The Balaban J connectivity index is 1.54. The summed E-state index contributed by atoms with van der Waals surface area (Å²) < 4.78 is 5.88. The van der Waals surface area contributed by atoms with Gasteiger partial charge >= 0.3 is 0 Å². The molecule has 0 spiro atoms. The first-order chi connectivity index (χ1) is 10.8. The lowest BCUT2D eigenvalue weighted by molar-refractivity contribution is 0.167. The molecule has 4 rings (SSSR count). The molecule has 2 aromatic heterocycles. The third-order valence-electron chi connectivity index (χ3n) is 4.24. The molecule has 5 heteroatoms. The first-order valence-electron chi connectivity index (χ1n) is 7.49. The zero-order valence-electron chi connectivity index (χ0n) is 12.4. The molecule has 0 amide bonds. The standard InChI is InChI=1S/C17H17N3OS/c1-12(16-18-19-17(21-16)15-7-4-10-22-15)20-9-8-13-5-2-3-6-14(13)11-20/h2-7,10,12H,8-9,11H2,1H3/t12-/m0/s1. The van der Waals surface area contributed by atoms with E-state index >= 15 is 0 Å². The minimum absolute atomic E-state index is 0.134. The first kappa shape index (κ1) is 13.7. The van der Waals surface area contributed by atoms with Gasteiger partial charge in [0, 0.05) is 13.1 Å². The SMILES string of the molecule is C[C@@H](c1nnc(-c2cccs2)o1)N1CCc2ccccc2C1. The van der Waals surface area contributed by atoms with Gasteiger partial charge in [0.25, 0.3) is 5.89 Å². The fourth-order valence-corrected chi connectivity index (χ4v) is 3.55. The maximum Gasteiger partial charge on any atom is 0.257 e. The molecule has 0 aliphatic carbocycles. The van der Waals surface area contributed by atoms with Gasteiger partial charge in [0.1, 0.15) is 0 Å². The van der Waals surface area contributed by atoms with Crippen LogP contribution in [0.15, 0.2) is 46.2 Å². The maximum absolute atomic E-state index is 5.88. The molecule has 0 saturated heterocycles. The lowest BCUT2D eigenvalue weighted by atomic mass is 9.99. The van der Waals surface area contributed by atoms with Crippen LogP contribution in [-0.2, 0) is 13.0 Å². The molecule has 3 aromatic rings. The van der Waals surface area contributed by atoms with Crippen molar-refractivity contribution >= 4 is 11.3 Å². The van der Waals surface area contributed by atoms with Crippen LogP contribution in [0.4, 0.5) is 0 Å². The highest BCUT2D eigenvalue weighted by atomic mass is 32.1. The van der Waals surface area contributed by atoms with Crippen molar-refractivity contribution in [2.75, 3.05) is 6.54 Å². The Morgan fingerprint density at radius 2 is 2.00 bits per heavy atom. The molecule has 0 fully saturated rings. The molecular formula is C17H17N3OS. The van der Waals surface area contributed by atoms with E-state index in [0.717, 1.165) is 24.4 Å². The Morgan fingerprint density at radius 3 is 2.82 bits per heavy atom. The summed E-state index contributed by atoms with van der Waals surface area (Å²) in [5.41, 5.74) is 2.86. The summed E-state index contributed by atoms with van der Waals surface area (Å²) in [6.07, 6.45) is 1.08. The van der Waals surface area contributed by atoms with Crippen molar-refractivity contribution in [3.8, 4) is 10.8 Å². The Labute approximate surface area is 133 Å². The third kappa shape index (κ3) is 2.46. The number of benzene rings is 1. The predicted octanol–water partition coefficient (Wildman–Crippen LogP) is 3.92. The number of rotatable bonds is 3. The van der Waals surface area contributed by atoms with E-state index in [1.807, 2.05) is 17.5 Å². The molecule has 4 nitrogen and oxygen atoms in total. The van der Waals surface area contributed by atoms with Crippen LogP contribution in [0.25, 0.3) is 10.8 Å². The van der Waals surface area contributed by atoms with Crippen molar-refractivity contribution < 1.29 is 4.42 Å². The van der Waals surface area contributed by atoms with Crippen molar-refractivity contribution in [2.24, 2.45) is 0 Å². The highest BCUT2D eigenvalue weighted by molar-refractivity contribution is 7.13. The molecule has 0 N–H and O–H groups in total. The topological polar surface area (TPSA) is 42.2 Å². The van der Waals surface area contributed by atoms with E-state index in [4.69, 9.17) is 4.42 Å². The van der Waals surface area contributed by atoms with Crippen LogP contribution < -0.4 is 0 Å². The zero-order valence-corrected chi connectivity index (χ0v) is 13.2. The molecule has 1 atom stereocenters. The first-order valence-corrected chi connectivity index (χ1v) is 8.37. The lowest BCUT2D eigenvalue weighted by Gasteiger charge is -2.31. The minimum atomic E-state index is 0.134. The Hall–Kier alpha value is -1.98. The van der Waals surface area contributed by atoms with Crippen LogP contribution in [-0.4, -0.2) is 21.6 Å². The fourth-order valence-electron chi connectivity index (χ4n) is 2.91. The van der Waals surface area contributed by atoms with E-state index in [-0.39, 0.29) is 6.04 Å². The molecule has 0 unspecified atom stereocenters. The largest absolute Gasteiger partial charge is 0.418 e. The molecule has 3 heterocycles. The number of hydrogen-bond donors (Lipinski definition) is 0. The van der Waals surface area contributed by atoms with Crippen LogP contribution >= 0.6 is 11.3 Å². The second-order valence-electron chi connectivity index (χ2n) is 5.59. The number of hydrogen-bond acceptors (Lipinski definition) is 5. The molecule has 1 aromatic carbocycles. The Kier molecular flexibility index (Phi) is 3.52. The van der Waals surface area contributed by atoms with E-state index in [1.165, 1.54) is 11.1 Å². The minimum Gasteiger partial charge on any atom is -0.418 e. The fraction of sp³-hybridized carbons (Fsp3) is 0.294. The number of aromatic nitrogens is 2. The Morgan fingerprint density at radius 1 is 1.14 bits per heavy atom. The lowest BCUT2D eigenvalue weighted by Crippen LogP contribution is -2.33. The summed E-state index contributed by atoms with van der Waals surface area (Å²) in [5.74, 6) is 1.32. The average Bonchev–Trinajstić information content (AvgIpc) is 3.24. The molecule has 1 aliphatic heterocycles. The van der Waals surface area contributed by atoms with Gasteiger partial charge in [-0.3, -0.25) is 4.90 Å². The van der Waals surface area contributed by atoms with Crippen molar-refractivity contribution in [1.82, 2.24) is 15.1 Å².